The van der Waals surface area contributed by atoms with E-state index in [-0.39, 0.29) is 5.91 Å². The summed E-state index contributed by atoms with van der Waals surface area (Å²) in [6, 6.07) is 20.6. The number of amides is 1. The standard InChI is InChI=1S/C25H30N4O/c1-27(23-12-13-24-21(20-23)8-7-14-26-24)25(30)11-5-6-15-28-16-18-29(19-17-28)22-9-3-2-4-10-22/h2-4,7-10,12-14,20H,5-6,11,15-19H2,1H3. The van der Waals surface area contributed by atoms with Gasteiger partial charge in [-0.25, -0.2) is 0 Å². The van der Waals surface area contributed by atoms with Crippen LogP contribution in [-0.4, -0.2) is 55.6 Å². The van der Waals surface area contributed by atoms with Crippen molar-refractivity contribution in [3.8, 4) is 0 Å². The molecule has 0 N–H and O–H groups in total. The second-order valence-electron chi connectivity index (χ2n) is 7.95. The molecule has 156 valence electrons. The number of carbonyl (C=O) groups excluding carboxylic acids is 1. The van der Waals surface area contributed by atoms with Gasteiger partial charge >= 0.3 is 0 Å². The zero-order chi connectivity index (χ0) is 20.8. The summed E-state index contributed by atoms with van der Waals surface area (Å²) >= 11 is 0. The topological polar surface area (TPSA) is 39.7 Å². The molecular weight excluding hydrogens is 372 g/mol. The van der Waals surface area contributed by atoms with Gasteiger partial charge in [0.1, 0.15) is 0 Å². The van der Waals surface area contributed by atoms with Gasteiger partial charge in [-0.15, -0.1) is 0 Å². The maximum absolute atomic E-state index is 12.6. The van der Waals surface area contributed by atoms with Crippen molar-refractivity contribution in [3.63, 3.8) is 0 Å². The van der Waals surface area contributed by atoms with Gasteiger partial charge in [-0.05, 0) is 55.8 Å². The lowest BCUT2D eigenvalue weighted by Gasteiger charge is -2.36. The lowest BCUT2D eigenvalue weighted by molar-refractivity contribution is -0.118. The van der Waals surface area contributed by atoms with E-state index in [2.05, 4.69) is 45.1 Å². The Balaban J connectivity index is 1.18. The van der Waals surface area contributed by atoms with E-state index in [1.165, 1.54) is 5.69 Å². The molecule has 2 heterocycles. The first-order valence-electron chi connectivity index (χ1n) is 10.8. The van der Waals surface area contributed by atoms with Crippen molar-refractivity contribution in [3.05, 3.63) is 66.9 Å². The second-order valence-corrected chi connectivity index (χ2v) is 7.95. The molecule has 0 aliphatic carbocycles. The maximum Gasteiger partial charge on any atom is 0.226 e. The van der Waals surface area contributed by atoms with Crippen LogP contribution in [0.15, 0.2) is 66.9 Å². The van der Waals surface area contributed by atoms with Crippen LogP contribution >= 0.6 is 0 Å². The fourth-order valence-corrected chi connectivity index (χ4v) is 4.06. The van der Waals surface area contributed by atoms with Crippen LogP contribution in [-0.2, 0) is 4.79 Å². The van der Waals surface area contributed by atoms with E-state index in [1.54, 1.807) is 11.1 Å². The molecule has 0 atom stereocenters. The van der Waals surface area contributed by atoms with Gasteiger partial charge in [-0.2, -0.15) is 0 Å². The molecule has 5 heteroatoms. The van der Waals surface area contributed by atoms with E-state index in [4.69, 9.17) is 0 Å². The molecule has 0 spiro atoms. The third-order valence-corrected chi connectivity index (χ3v) is 5.96. The average molecular weight is 403 g/mol. The van der Waals surface area contributed by atoms with Gasteiger partial charge in [0.15, 0.2) is 0 Å². The number of piperazine rings is 1. The molecule has 0 radical (unpaired) electrons. The summed E-state index contributed by atoms with van der Waals surface area (Å²) in [5.41, 5.74) is 3.20. The molecule has 1 amide bonds. The predicted octanol–water partition coefficient (Wildman–Crippen LogP) is 4.19. The molecule has 30 heavy (non-hydrogen) atoms. The van der Waals surface area contributed by atoms with E-state index in [0.29, 0.717) is 6.42 Å². The molecule has 3 aromatic rings. The number of benzene rings is 2. The van der Waals surface area contributed by atoms with E-state index in [1.807, 2.05) is 37.4 Å². The molecule has 1 saturated heterocycles. The Bertz CT molecular complexity index is 967. The minimum absolute atomic E-state index is 0.173. The minimum atomic E-state index is 0.173. The number of carbonyl (C=O) groups is 1. The number of hydrogen-bond acceptors (Lipinski definition) is 4. The maximum atomic E-state index is 12.6. The van der Waals surface area contributed by atoms with E-state index < -0.39 is 0 Å². The summed E-state index contributed by atoms with van der Waals surface area (Å²) in [7, 11) is 1.86. The third kappa shape index (κ3) is 4.97. The SMILES string of the molecule is CN(C(=O)CCCCN1CCN(c2ccccc2)CC1)c1ccc2ncccc2c1. The van der Waals surface area contributed by atoms with Crippen molar-refractivity contribution in [2.24, 2.45) is 0 Å². The van der Waals surface area contributed by atoms with Crippen molar-refractivity contribution >= 4 is 28.2 Å². The van der Waals surface area contributed by atoms with Crippen LogP contribution in [0.25, 0.3) is 10.9 Å². The highest BCUT2D eigenvalue weighted by Crippen LogP contribution is 2.21. The van der Waals surface area contributed by atoms with Crippen LogP contribution in [0.1, 0.15) is 19.3 Å². The Labute approximate surface area is 178 Å². The fraction of sp³-hybridized carbons (Fsp3) is 0.360. The van der Waals surface area contributed by atoms with Crippen molar-refractivity contribution in [1.82, 2.24) is 9.88 Å². The Morgan fingerprint density at radius 2 is 1.77 bits per heavy atom. The number of para-hydroxylation sites is 1. The summed E-state index contributed by atoms with van der Waals surface area (Å²) in [6.07, 6.45) is 4.37. The van der Waals surface area contributed by atoms with Crippen LogP contribution in [0.4, 0.5) is 11.4 Å². The van der Waals surface area contributed by atoms with Crippen molar-refractivity contribution in [2.75, 3.05) is 49.6 Å². The lowest BCUT2D eigenvalue weighted by atomic mass is 10.1. The summed E-state index contributed by atoms with van der Waals surface area (Å²) < 4.78 is 0. The molecule has 5 nitrogen and oxygen atoms in total. The molecule has 0 unspecified atom stereocenters. The summed E-state index contributed by atoms with van der Waals surface area (Å²) in [5, 5.41) is 1.06. The van der Waals surface area contributed by atoms with Gasteiger partial charge in [0.2, 0.25) is 5.91 Å². The van der Waals surface area contributed by atoms with Gasteiger partial charge in [0.05, 0.1) is 5.52 Å². The summed E-state index contributed by atoms with van der Waals surface area (Å²) in [6.45, 7) is 5.40. The number of unbranched alkanes of at least 4 members (excludes halogenated alkanes) is 1. The number of hydrogen-bond donors (Lipinski definition) is 0. The highest BCUT2D eigenvalue weighted by molar-refractivity contribution is 5.95. The molecule has 1 aliphatic rings. The molecular formula is C25H30N4O. The van der Waals surface area contributed by atoms with Crippen molar-refractivity contribution < 1.29 is 4.79 Å². The highest BCUT2D eigenvalue weighted by atomic mass is 16.2. The molecule has 1 aromatic heterocycles. The Morgan fingerprint density at radius 1 is 0.967 bits per heavy atom. The molecule has 2 aromatic carbocycles. The molecule has 4 rings (SSSR count). The molecule has 1 aliphatic heterocycles. The van der Waals surface area contributed by atoms with Crippen molar-refractivity contribution in [2.45, 2.75) is 19.3 Å². The zero-order valence-electron chi connectivity index (χ0n) is 17.7. The van der Waals surface area contributed by atoms with E-state index in [0.717, 1.165) is 62.2 Å². The number of anilines is 2. The Hall–Kier alpha value is -2.92. The zero-order valence-corrected chi connectivity index (χ0v) is 17.7. The summed E-state index contributed by atoms with van der Waals surface area (Å²) in [4.78, 5) is 23.7. The molecule has 1 fully saturated rings. The van der Waals surface area contributed by atoms with Crippen LogP contribution in [0.5, 0.6) is 0 Å². The van der Waals surface area contributed by atoms with E-state index in [9.17, 15) is 4.79 Å². The predicted molar refractivity (Wildman–Crippen MR) is 124 cm³/mol. The van der Waals surface area contributed by atoms with Crippen LogP contribution in [0.3, 0.4) is 0 Å². The Kier molecular flexibility index (Phi) is 6.60. The molecule has 0 saturated carbocycles. The number of fused-ring (bicyclic) bond motifs is 1. The normalized spacial score (nSPS) is 14.8. The van der Waals surface area contributed by atoms with Gasteiger partial charge in [0, 0.05) is 62.6 Å². The van der Waals surface area contributed by atoms with Crippen LogP contribution in [0, 0.1) is 0 Å². The second kappa shape index (κ2) is 9.72. The quantitative estimate of drug-likeness (QED) is 0.556. The molecule has 0 bridgehead atoms. The number of nitrogens with zero attached hydrogens (tertiary/aromatic N) is 4. The third-order valence-electron chi connectivity index (χ3n) is 5.96. The number of pyridine rings is 1. The minimum Gasteiger partial charge on any atom is -0.369 e. The van der Waals surface area contributed by atoms with E-state index >= 15 is 0 Å². The average Bonchev–Trinajstić information content (AvgIpc) is 2.82. The first-order chi connectivity index (χ1) is 14.7. The van der Waals surface area contributed by atoms with Gasteiger partial charge in [-0.3, -0.25) is 14.7 Å². The van der Waals surface area contributed by atoms with Crippen molar-refractivity contribution in [1.29, 1.82) is 0 Å². The fourth-order valence-electron chi connectivity index (χ4n) is 4.06. The van der Waals surface area contributed by atoms with Gasteiger partial charge in [0.25, 0.3) is 0 Å². The van der Waals surface area contributed by atoms with Gasteiger partial charge in [-0.1, -0.05) is 24.3 Å². The van der Waals surface area contributed by atoms with Crippen LogP contribution < -0.4 is 9.80 Å². The number of rotatable bonds is 7. The van der Waals surface area contributed by atoms with Crippen LogP contribution in [0.2, 0.25) is 0 Å². The highest BCUT2D eigenvalue weighted by Gasteiger charge is 2.17. The largest absolute Gasteiger partial charge is 0.369 e. The summed E-state index contributed by atoms with van der Waals surface area (Å²) in [5.74, 6) is 0.173. The Morgan fingerprint density at radius 3 is 2.57 bits per heavy atom. The van der Waals surface area contributed by atoms with Gasteiger partial charge < -0.3 is 9.80 Å². The first kappa shape index (κ1) is 20.4. The first-order valence-corrected chi connectivity index (χ1v) is 10.8. The monoisotopic (exact) mass is 402 g/mol. The smallest absolute Gasteiger partial charge is 0.226 e. The lowest BCUT2D eigenvalue weighted by Crippen LogP contribution is -2.46. The number of aromatic nitrogens is 1.